The van der Waals surface area contributed by atoms with Crippen LogP contribution in [0.15, 0.2) is 21.4 Å². The van der Waals surface area contributed by atoms with Gasteiger partial charge in [-0.25, -0.2) is 0 Å². The molecular weight excluding hydrogens is 208 g/mol. The summed E-state index contributed by atoms with van der Waals surface area (Å²) in [5.41, 5.74) is 6.08. The highest BCUT2D eigenvalue weighted by Crippen LogP contribution is 2.14. The Balaban J connectivity index is 0.000000980. The molecule has 2 rings (SSSR count). The minimum absolute atomic E-state index is 0. The molecule has 0 bridgehead atoms. The van der Waals surface area contributed by atoms with Gasteiger partial charge in [-0.2, -0.15) is 4.98 Å². The third kappa shape index (κ3) is 1.91. The zero-order valence-corrected chi connectivity index (χ0v) is 8.19. The average Bonchev–Trinajstić information content (AvgIpc) is 2.75. The van der Waals surface area contributed by atoms with E-state index in [1.54, 1.807) is 13.0 Å². The highest BCUT2D eigenvalue weighted by molar-refractivity contribution is 5.85. The Kier molecular flexibility index (Phi) is 3.21. The van der Waals surface area contributed by atoms with Crippen LogP contribution >= 0.6 is 12.4 Å². The quantitative estimate of drug-likeness (QED) is 0.810. The van der Waals surface area contributed by atoms with Crippen LogP contribution in [0.4, 0.5) is 0 Å². The summed E-state index contributed by atoms with van der Waals surface area (Å²) in [4.78, 5) is 4.03. The molecule has 0 fully saturated rings. The van der Waals surface area contributed by atoms with E-state index >= 15 is 0 Å². The van der Waals surface area contributed by atoms with Gasteiger partial charge in [0.2, 0.25) is 11.7 Å². The number of aromatic nitrogens is 3. The maximum Gasteiger partial charge on any atom is 0.243 e. The number of halogens is 1. The summed E-state index contributed by atoms with van der Waals surface area (Å²) in [7, 11) is 0. The Bertz CT molecular complexity index is 384. The second-order valence-corrected chi connectivity index (χ2v) is 2.63. The van der Waals surface area contributed by atoms with Crippen LogP contribution in [-0.2, 0) is 0 Å². The van der Waals surface area contributed by atoms with Gasteiger partial charge in [0.05, 0.1) is 6.04 Å². The third-order valence-electron chi connectivity index (χ3n) is 1.50. The first kappa shape index (κ1) is 10.7. The van der Waals surface area contributed by atoms with Crippen LogP contribution < -0.4 is 5.73 Å². The predicted octanol–water partition coefficient (Wildman–Crippen LogP) is 1.17. The summed E-state index contributed by atoms with van der Waals surface area (Å²) >= 11 is 0. The number of nitrogens with zero attached hydrogens (tertiary/aromatic N) is 3. The molecule has 1 atom stereocenters. The Hall–Kier alpha value is -1.40. The lowest BCUT2D eigenvalue weighted by atomic mass is 10.3. The van der Waals surface area contributed by atoms with Gasteiger partial charge in [0.1, 0.15) is 6.26 Å². The summed E-state index contributed by atoms with van der Waals surface area (Å²) in [5, 5.41) is 7.35. The standard InChI is InChI=1S/C7H8N4O2.ClH/c1-4(8)7-9-6(11-13-7)5-2-3-12-10-5;/h2-4H,8H2,1H3;1H/t4-;/m1./s1. The van der Waals surface area contributed by atoms with Crippen LogP contribution in [0, 0.1) is 0 Å². The molecule has 6 nitrogen and oxygen atoms in total. The van der Waals surface area contributed by atoms with E-state index in [0.717, 1.165) is 0 Å². The fourth-order valence-electron chi connectivity index (χ4n) is 0.852. The lowest BCUT2D eigenvalue weighted by Gasteiger charge is -1.92. The van der Waals surface area contributed by atoms with Crippen molar-refractivity contribution in [2.45, 2.75) is 13.0 Å². The minimum atomic E-state index is -0.270. The number of hydrogen-bond acceptors (Lipinski definition) is 6. The molecule has 0 radical (unpaired) electrons. The molecule has 0 aromatic carbocycles. The first-order valence-corrected chi connectivity index (χ1v) is 3.77. The van der Waals surface area contributed by atoms with E-state index in [0.29, 0.717) is 17.4 Å². The van der Waals surface area contributed by atoms with Crippen molar-refractivity contribution in [1.82, 2.24) is 15.3 Å². The largest absolute Gasteiger partial charge is 0.364 e. The van der Waals surface area contributed by atoms with Crippen molar-refractivity contribution in [3.63, 3.8) is 0 Å². The first-order valence-electron chi connectivity index (χ1n) is 3.77. The van der Waals surface area contributed by atoms with Crippen LogP contribution in [0.1, 0.15) is 18.9 Å². The van der Waals surface area contributed by atoms with Gasteiger partial charge in [-0.15, -0.1) is 12.4 Å². The molecule has 2 heterocycles. The monoisotopic (exact) mass is 216 g/mol. The topological polar surface area (TPSA) is 91.0 Å². The van der Waals surface area contributed by atoms with Gasteiger partial charge in [0, 0.05) is 6.07 Å². The van der Waals surface area contributed by atoms with E-state index in [1.165, 1.54) is 6.26 Å². The van der Waals surface area contributed by atoms with Gasteiger partial charge in [0.25, 0.3) is 0 Å². The second-order valence-electron chi connectivity index (χ2n) is 2.63. The minimum Gasteiger partial charge on any atom is -0.364 e. The zero-order chi connectivity index (χ0) is 9.26. The molecule has 0 spiro atoms. The molecule has 2 aromatic heterocycles. The van der Waals surface area contributed by atoms with Gasteiger partial charge in [-0.1, -0.05) is 10.3 Å². The highest BCUT2D eigenvalue weighted by Gasteiger charge is 2.13. The summed E-state index contributed by atoms with van der Waals surface area (Å²) in [5.74, 6) is 0.777. The summed E-state index contributed by atoms with van der Waals surface area (Å²) < 4.78 is 9.52. The molecule has 0 saturated heterocycles. The number of rotatable bonds is 2. The fraction of sp³-hybridized carbons (Fsp3) is 0.286. The SMILES string of the molecule is C[C@@H](N)c1nc(-c2ccon2)no1.Cl. The van der Waals surface area contributed by atoms with Gasteiger partial charge < -0.3 is 14.8 Å². The molecule has 14 heavy (non-hydrogen) atoms. The molecule has 0 aliphatic carbocycles. The Morgan fingerprint density at radius 3 is 2.71 bits per heavy atom. The van der Waals surface area contributed by atoms with Gasteiger partial charge in [-0.3, -0.25) is 0 Å². The van der Waals surface area contributed by atoms with E-state index in [1.807, 2.05) is 0 Å². The molecule has 0 amide bonds. The molecule has 2 N–H and O–H groups in total. The Labute approximate surface area is 85.9 Å². The van der Waals surface area contributed by atoms with E-state index in [9.17, 15) is 0 Å². The molecule has 0 aliphatic heterocycles. The van der Waals surface area contributed by atoms with Crippen molar-refractivity contribution in [2.75, 3.05) is 0 Å². The average molecular weight is 217 g/mol. The summed E-state index contributed by atoms with van der Waals surface area (Å²) in [6.45, 7) is 1.76. The smallest absolute Gasteiger partial charge is 0.243 e. The highest BCUT2D eigenvalue weighted by atomic mass is 35.5. The predicted molar refractivity (Wildman–Crippen MR) is 49.6 cm³/mol. The molecule has 0 saturated carbocycles. The molecule has 7 heteroatoms. The van der Waals surface area contributed by atoms with E-state index in [2.05, 4.69) is 19.8 Å². The van der Waals surface area contributed by atoms with Crippen molar-refractivity contribution in [3.8, 4) is 11.5 Å². The fourth-order valence-corrected chi connectivity index (χ4v) is 0.852. The van der Waals surface area contributed by atoms with E-state index in [-0.39, 0.29) is 18.4 Å². The maximum atomic E-state index is 5.54. The van der Waals surface area contributed by atoms with Crippen LogP contribution in [0.25, 0.3) is 11.5 Å². The van der Waals surface area contributed by atoms with E-state index < -0.39 is 0 Å². The molecule has 0 aliphatic rings. The van der Waals surface area contributed by atoms with Crippen LogP contribution in [0.5, 0.6) is 0 Å². The van der Waals surface area contributed by atoms with Crippen molar-refractivity contribution < 1.29 is 9.05 Å². The lowest BCUT2D eigenvalue weighted by molar-refractivity contribution is 0.361. The van der Waals surface area contributed by atoms with Crippen LogP contribution in [-0.4, -0.2) is 15.3 Å². The number of nitrogens with two attached hydrogens (primary N) is 1. The zero-order valence-electron chi connectivity index (χ0n) is 7.38. The molecule has 2 aromatic rings. The van der Waals surface area contributed by atoms with Gasteiger partial charge >= 0.3 is 0 Å². The van der Waals surface area contributed by atoms with Crippen molar-refractivity contribution in [1.29, 1.82) is 0 Å². The van der Waals surface area contributed by atoms with Gasteiger partial charge in [0.15, 0.2) is 5.69 Å². The first-order chi connectivity index (χ1) is 6.27. The lowest BCUT2D eigenvalue weighted by Crippen LogP contribution is -2.04. The Morgan fingerprint density at radius 2 is 2.21 bits per heavy atom. The van der Waals surface area contributed by atoms with Crippen molar-refractivity contribution in [3.05, 3.63) is 18.2 Å². The van der Waals surface area contributed by atoms with Gasteiger partial charge in [-0.05, 0) is 6.92 Å². The second kappa shape index (κ2) is 4.21. The van der Waals surface area contributed by atoms with Crippen LogP contribution in [0.2, 0.25) is 0 Å². The summed E-state index contributed by atoms with van der Waals surface area (Å²) in [6.07, 6.45) is 1.44. The van der Waals surface area contributed by atoms with Crippen molar-refractivity contribution in [2.24, 2.45) is 5.73 Å². The molecular formula is C7H9ClN4O2. The van der Waals surface area contributed by atoms with Crippen molar-refractivity contribution >= 4 is 12.4 Å². The third-order valence-corrected chi connectivity index (χ3v) is 1.50. The maximum absolute atomic E-state index is 5.54. The Morgan fingerprint density at radius 1 is 1.43 bits per heavy atom. The van der Waals surface area contributed by atoms with E-state index in [4.69, 9.17) is 10.3 Å². The summed E-state index contributed by atoms with van der Waals surface area (Å²) in [6, 6.07) is 1.38. The number of hydrogen-bond donors (Lipinski definition) is 1. The normalized spacial score (nSPS) is 12.1. The van der Waals surface area contributed by atoms with Crippen LogP contribution in [0.3, 0.4) is 0 Å². The molecule has 76 valence electrons. The molecule has 0 unspecified atom stereocenters.